The van der Waals surface area contributed by atoms with E-state index in [1.165, 1.54) is 31.2 Å². The Balaban J connectivity index is 0.946. The number of aryl methyl sites for hydroxylation is 2. The number of nitrogens with zero attached hydrogens (tertiary/aromatic N) is 6. The Morgan fingerprint density at radius 1 is 0.915 bits per heavy atom. The molecule has 16 nitrogen and oxygen atoms in total. The third-order valence-electron chi connectivity index (χ3n) is 11.8. The molecule has 5 aliphatic rings. The highest BCUT2D eigenvalue weighted by Gasteiger charge is 2.45. The molecule has 0 spiro atoms. The van der Waals surface area contributed by atoms with Crippen LogP contribution in [0, 0.1) is 5.41 Å². The highest BCUT2D eigenvalue weighted by Crippen LogP contribution is 2.40. The number of hydrogen-bond acceptors (Lipinski definition) is 9. The van der Waals surface area contributed by atoms with Gasteiger partial charge in [-0.3, -0.25) is 44.3 Å². The van der Waals surface area contributed by atoms with Gasteiger partial charge in [0.1, 0.15) is 11.9 Å². The predicted octanol–water partition coefficient (Wildman–Crippen LogP) is 3.95. The molecule has 1 atom stereocenters. The zero-order valence-electron chi connectivity index (χ0n) is 32.6. The maximum Gasteiger partial charge on any atom is 0.321 e. The monoisotopic (exact) mass is 810 g/mol. The number of alkyl halides is 2. The van der Waals surface area contributed by atoms with Gasteiger partial charge in [0.2, 0.25) is 17.7 Å². The van der Waals surface area contributed by atoms with Crippen LogP contribution in [0.15, 0.2) is 54.0 Å². The maximum absolute atomic E-state index is 14.6. The lowest BCUT2D eigenvalue weighted by molar-refractivity contribution is -0.136. The van der Waals surface area contributed by atoms with Gasteiger partial charge in [-0.05, 0) is 73.6 Å². The van der Waals surface area contributed by atoms with E-state index in [9.17, 15) is 43.0 Å². The standard InChI is InChI=1S/C41H44F2N10O6/c1-22(54)51-15-11-32(31(21-51)37(44)52-12-3-4-23-16-28(24-19-45-49(2)20-24)29(36(42)43)18-34(23)52)46-25-9-13-50(14-10-25)41(59)47-26-5-6-27-30(17-26)40(58)53(39(27)57)33-7-8-35(55)48-38(33)56/h5-6,16-20,25,33,36,44,46H,3-4,7-15,21H2,1-2H3,(H,47,59)(H,48,55,56). The summed E-state index contributed by atoms with van der Waals surface area (Å²) in [6.07, 6.45) is 3.57. The predicted molar refractivity (Wildman–Crippen MR) is 211 cm³/mol. The number of halogens is 2. The van der Waals surface area contributed by atoms with Crippen LogP contribution >= 0.6 is 0 Å². The summed E-state index contributed by atoms with van der Waals surface area (Å²) < 4.78 is 30.7. The van der Waals surface area contributed by atoms with Gasteiger partial charge >= 0.3 is 6.03 Å². The lowest BCUT2D eigenvalue weighted by Gasteiger charge is -2.39. The molecule has 2 aromatic carbocycles. The Kier molecular flexibility index (Phi) is 10.5. The molecule has 0 aliphatic carbocycles. The summed E-state index contributed by atoms with van der Waals surface area (Å²) in [6.45, 7) is 3.38. The fraction of sp³-hybridized carbons (Fsp3) is 0.415. The molecular weight excluding hydrogens is 767 g/mol. The first-order valence-electron chi connectivity index (χ1n) is 19.7. The quantitative estimate of drug-likeness (QED) is 0.155. The van der Waals surface area contributed by atoms with Crippen LogP contribution in [0.2, 0.25) is 0 Å². The Morgan fingerprint density at radius 2 is 1.68 bits per heavy atom. The topological polar surface area (TPSA) is 193 Å². The van der Waals surface area contributed by atoms with Crippen LogP contribution in [0.4, 0.5) is 25.0 Å². The molecule has 3 aromatic rings. The number of fused-ring (bicyclic) bond motifs is 2. The van der Waals surface area contributed by atoms with E-state index < -0.39 is 42.1 Å². The molecule has 4 N–H and O–H groups in total. The fourth-order valence-corrected chi connectivity index (χ4v) is 8.67. The van der Waals surface area contributed by atoms with Gasteiger partial charge in [0, 0.05) is 99.0 Å². The summed E-state index contributed by atoms with van der Waals surface area (Å²) in [5.74, 6) is -2.44. The van der Waals surface area contributed by atoms with Crippen molar-refractivity contribution in [3.63, 3.8) is 0 Å². The summed E-state index contributed by atoms with van der Waals surface area (Å²) in [6, 6.07) is 6.12. The third kappa shape index (κ3) is 7.54. The van der Waals surface area contributed by atoms with Gasteiger partial charge in [-0.25, -0.2) is 13.6 Å². The van der Waals surface area contributed by atoms with E-state index in [0.717, 1.165) is 16.2 Å². The van der Waals surface area contributed by atoms with E-state index in [1.54, 1.807) is 44.9 Å². The van der Waals surface area contributed by atoms with Gasteiger partial charge in [0.15, 0.2) is 0 Å². The number of rotatable bonds is 7. The second-order valence-corrected chi connectivity index (χ2v) is 15.6. The largest absolute Gasteiger partial charge is 0.385 e. The second-order valence-electron chi connectivity index (χ2n) is 15.6. The molecule has 8 rings (SSSR count). The minimum Gasteiger partial charge on any atom is -0.385 e. The Hall–Kier alpha value is -6.46. The number of amidine groups is 1. The lowest BCUT2D eigenvalue weighted by Crippen LogP contribution is -2.54. The highest BCUT2D eigenvalue weighted by molar-refractivity contribution is 6.24. The molecule has 7 amide bonds. The molecule has 308 valence electrons. The molecule has 2 fully saturated rings. The van der Waals surface area contributed by atoms with Crippen LogP contribution in [-0.2, 0) is 27.9 Å². The average molecular weight is 811 g/mol. The summed E-state index contributed by atoms with van der Waals surface area (Å²) in [4.78, 5) is 82.3. The molecule has 6 heterocycles. The van der Waals surface area contributed by atoms with Crippen molar-refractivity contribution in [2.75, 3.05) is 42.9 Å². The van der Waals surface area contributed by atoms with E-state index in [2.05, 4.69) is 21.0 Å². The van der Waals surface area contributed by atoms with Gasteiger partial charge in [-0.1, -0.05) is 0 Å². The van der Waals surface area contributed by atoms with Crippen LogP contribution in [0.3, 0.4) is 0 Å². The molecular formula is C41H44F2N10O6. The van der Waals surface area contributed by atoms with Crippen molar-refractivity contribution in [3.8, 4) is 11.1 Å². The van der Waals surface area contributed by atoms with Crippen LogP contribution in [0.1, 0.15) is 83.7 Å². The van der Waals surface area contributed by atoms with Crippen molar-refractivity contribution in [1.29, 1.82) is 5.41 Å². The van der Waals surface area contributed by atoms with Gasteiger partial charge in [-0.2, -0.15) is 5.10 Å². The first-order valence-corrected chi connectivity index (χ1v) is 19.7. The van der Waals surface area contributed by atoms with Gasteiger partial charge in [0.05, 0.1) is 23.9 Å². The number of aromatic nitrogens is 2. The first kappa shape index (κ1) is 39.4. The number of piperidine rings is 2. The number of likely N-dealkylation sites (tertiary alicyclic amines) is 1. The second kappa shape index (κ2) is 15.7. The van der Waals surface area contributed by atoms with E-state index in [-0.39, 0.29) is 53.9 Å². The molecule has 1 aromatic heterocycles. The van der Waals surface area contributed by atoms with E-state index in [0.29, 0.717) is 86.4 Å². The molecule has 0 radical (unpaired) electrons. The number of amides is 7. The minimum absolute atomic E-state index is 0.00716. The van der Waals surface area contributed by atoms with Crippen molar-refractivity contribution in [3.05, 3.63) is 76.2 Å². The minimum atomic E-state index is -2.75. The SMILES string of the molecule is CC(=O)N1CCC(NC2CCN(C(=O)Nc3ccc4c(c3)C(=O)N(C3CCC(=O)NC3=O)C4=O)CC2)=C(C(=N)N2CCCc3cc(-c4cnn(C)c4)c(C(F)F)cc32)C1. The zero-order chi connectivity index (χ0) is 41.7. The van der Waals surface area contributed by atoms with E-state index >= 15 is 0 Å². The number of imide groups is 2. The molecule has 0 bridgehead atoms. The highest BCUT2D eigenvalue weighted by atomic mass is 19.3. The van der Waals surface area contributed by atoms with Gasteiger partial charge < -0.3 is 25.3 Å². The average Bonchev–Trinajstić information content (AvgIpc) is 3.76. The van der Waals surface area contributed by atoms with Crippen LogP contribution in [-0.4, -0.2) is 111 Å². The molecule has 5 aliphatic heterocycles. The first-order chi connectivity index (χ1) is 28.3. The third-order valence-corrected chi connectivity index (χ3v) is 11.8. The van der Waals surface area contributed by atoms with Gasteiger partial charge in [0.25, 0.3) is 18.2 Å². The maximum atomic E-state index is 14.6. The summed E-state index contributed by atoms with van der Waals surface area (Å²) in [5.41, 5.74) is 4.20. The number of nitrogens with one attached hydrogen (secondary N) is 4. The van der Waals surface area contributed by atoms with Crippen molar-refractivity contribution < 1.29 is 37.5 Å². The van der Waals surface area contributed by atoms with E-state index in [1.807, 2.05) is 0 Å². The zero-order valence-corrected chi connectivity index (χ0v) is 32.6. The number of benzene rings is 2. The van der Waals surface area contributed by atoms with Crippen molar-refractivity contribution in [2.24, 2.45) is 7.05 Å². The molecule has 18 heteroatoms. The van der Waals surface area contributed by atoms with E-state index in [4.69, 9.17) is 0 Å². The normalized spacial score (nSPS) is 19.9. The Bertz CT molecular complexity index is 2330. The fourth-order valence-electron chi connectivity index (χ4n) is 8.67. The van der Waals surface area contributed by atoms with Crippen LogP contribution in [0.5, 0.6) is 0 Å². The number of carbonyl (C=O) groups is 6. The van der Waals surface area contributed by atoms with Gasteiger partial charge in [-0.15, -0.1) is 0 Å². The van der Waals surface area contributed by atoms with Crippen LogP contribution in [0.25, 0.3) is 11.1 Å². The summed E-state index contributed by atoms with van der Waals surface area (Å²) >= 11 is 0. The lowest BCUT2D eigenvalue weighted by atomic mass is 9.92. The van der Waals surface area contributed by atoms with Crippen molar-refractivity contribution in [2.45, 2.75) is 70.4 Å². The van der Waals surface area contributed by atoms with Crippen molar-refractivity contribution >= 4 is 52.8 Å². The smallest absolute Gasteiger partial charge is 0.321 e. The van der Waals surface area contributed by atoms with Crippen LogP contribution < -0.4 is 20.9 Å². The summed E-state index contributed by atoms with van der Waals surface area (Å²) in [7, 11) is 1.73. The molecule has 0 saturated carbocycles. The van der Waals surface area contributed by atoms with Crippen molar-refractivity contribution in [1.82, 2.24) is 35.1 Å². The number of carbonyl (C=O) groups excluding carboxylic acids is 6. The summed E-state index contributed by atoms with van der Waals surface area (Å²) in [5, 5.41) is 22.3. The number of anilines is 2. The Morgan fingerprint density at radius 3 is 2.37 bits per heavy atom. The molecule has 59 heavy (non-hydrogen) atoms. The number of hydrogen-bond donors (Lipinski definition) is 4. The molecule has 1 unspecified atom stereocenters. The number of urea groups is 1. The molecule has 2 saturated heterocycles. The Labute approximate surface area is 338 Å².